The topological polar surface area (TPSA) is 28.2 Å². The molecule has 0 bridgehead atoms. The molecule has 1 saturated heterocycles. The molecule has 0 aliphatic carbocycles. The van der Waals surface area contributed by atoms with Crippen LogP contribution in [0.3, 0.4) is 0 Å². The van der Waals surface area contributed by atoms with Crippen molar-refractivity contribution >= 4 is 21.7 Å². The number of hydrogen-bond donors (Lipinski definition) is 1. The van der Waals surface area contributed by atoms with Crippen molar-refractivity contribution in [3.63, 3.8) is 0 Å². The van der Waals surface area contributed by atoms with Crippen LogP contribution in [0.5, 0.6) is 0 Å². The van der Waals surface area contributed by atoms with Gasteiger partial charge in [0.15, 0.2) is 11.6 Å². The summed E-state index contributed by atoms with van der Waals surface area (Å²) in [4.78, 5) is 6.39. The molecule has 3 nitrogen and oxygen atoms in total. The van der Waals surface area contributed by atoms with Crippen LogP contribution in [0.15, 0.2) is 16.7 Å². The highest BCUT2D eigenvalue weighted by atomic mass is 79.9. The van der Waals surface area contributed by atoms with E-state index in [0.717, 1.165) is 25.9 Å². The summed E-state index contributed by atoms with van der Waals surface area (Å²) >= 11 is 3.26. The summed E-state index contributed by atoms with van der Waals surface area (Å²) in [5.74, 6) is 0.232. The molecule has 1 atom stereocenters. The van der Waals surface area contributed by atoms with Crippen molar-refractivity contribution < 1.29 is 4.39 Å². The van der Waals surface area contributed by atoms with Gasteiger partial charge in [-0.05, 0) is 62.0 Å². The Morgan fingerprint density at radius 3 is 2.85 bits per heavy atom. The Morgan fingerprint density at radius 2 is 2.20 bits per heavy atom. The van der Waals surface area contributed by atoms with E-state index in [9.17, 15) is 4.39 Å². The molecule has 0 aromatic carbocycles. The van der Waals surface area contributed by atoms with Gasteiger partial charge in [-0.2, -0.15) is 0 Å². The van der Waals surface area contributed by atoms with Crippen molar-refractivity contribution in [2.24, 2.45) is 0 Å². The van der Waals surface area contributed by atoms with Gasteiger partial charge < -0.3 is 10.2 Å². The Hall–Kier alpha value is -0.680. The largest absolute Gasteiger partial charge is 0.350 e. The van der Waals surface area contributed by atoms with Crippen LogP contribution in [0.2, 0.25) is 0 Å². The average molecular weight is 344 g/mol. The smallest absolute Gasteiger partial charge is 0.166 e. The lowest BCUT2D eigenvalue weighted by molar-refractivity contribution is 0.363. The molecule has 0 spiro atoms. The van der Waals surface area contributed by atoms with Crippen LogP contribution in [-0.4, -0.2) is 29.7 Å². The SMILES string of the molecule is CC(C)(C)NCC1CCCCN1c1ncc(Br)cc1F. The first-order valence-corrected chi connectivity index (χ1v) is 7.99. The molecule has 1 aromatic heterocycles. The molecule has 112 valence electrons. The quantitative estimate of drug-likeness (QED) is 0.906. The van der Waals surface area contributed by atoms with Gasteiger partial charge in [0.25, 0.3) is 0 Å². The Balaban J connectivity index is 2.14. The molecule has 1 aliphatic rings. The van der Waals surface area contributed by atoms with Crippen LogP contribution in [0, 0.1) is 5.82 Å². The van der Waals surface area contributed by atoms with Gasteiger partial charge >= 0.3 is 0 Å². The van der Waals surface area contributed by atoms with E-state index in [4.69, 9.17) is 0 Å². The molecule has 2 heterocycles. The van der Waals surface area contributed by atoms with E-state index in [1.54, 1.807) is 6.20 Å². The van der Waals surface area contributed by atoms with E-state index in [-0.39, 0.29) is 11.4 Å². The van der Waals surface area contributed by atoms with Crippen LogP contribution in [-0.2, 0) is 0 Å². The molecule has 1 fully saturated rings. The Kier molecular flexibility index (Phi) is 5.02. The molecule has 1 N–H and O–H groups in total. The summed E-state index contributed by atoms with van der Waals surface area (Å²) < 4.78 is 14.8. The van der Waals surface area contributed by atoms with Crippen molar-refractivity contribution in [3.8, 4) is 0 Å². The molecule has 1 unspecified atom stereocenters. The maximum atomic E-state index is 14.1. The Morgan fingerprint density at radius 1 is 1.45 bits per heavy atom. The number of hydrogen-bond acceptors (Lipinski definition) is 3. The van der Waals surface area contributed by atoms with Crippen molar-refractivity contribution in [1.29, 1.82) is 0 Å². The van der Waals surface area contributed by atoms with E-state index < -0.39 is 0 Å². The standard InChI is InChI=1S/C15H23BrFN3/c1-15(2,3)19-10-12-6-4-5-7-20(12)14-13(17)8-11(16)9-18-14/h8-9,12,19H,4-7,10H2,1-3H3. The molecular weight excluding hydrogens is 321 g/mol. The number of anilines is 1. The van der Waals surface area contributed by atoms with Crippen molar-refractivity contribution in [2.45, 2.75) is 51.6 Å². The fourth-order valence-corrected chi connectivity index (χ4v) is 2.84. The number of aromatic nitrogens is 1. The highest BCUT2D eigenvalue weighted by Crippen LogP contribution is 2.26. The van der Waals surface area contributed by atoms with Gasteiger partial charge in [0.1, 0.15) is 0 Å². The molecule has 0 amide bonds. The number of nitrogens with one attached hydrogen (secondary N) is 1. The minimum atomic E-state index is -0.248. The summed E-state index contributed by atoms with van der Waals surface area (Å²) in [6.45, 7) is 8.19. The van der Waals surface area contributed by atoms with Gasteiger partial charge in [-0.15, -0.1) is 0 Å². The lowest BCUT2D eigenvalue weighted by atomic mass is 10.0. The van der Waals surface area contributed by atoms with Crippen LogP contribution in [0.4, 0.5) is 10.2 Å². The van der Waals surface area contributed by atoms with Gasteiger partial charge in [-0.3, -0.25) is 0 Å². The van der Waals surface area contributed by atoms with E-state index in [2.05, 4.69) is 51.9 Å². The second-order valence-electron chi connectivity index (χ2n) is 6.43. The summed E-state index contributed by atoms with van der Waals surface area (Å²) in [6.07, 6.45) is 5.05. The number of piperidine rings is 1. The van der Waals surface area contributed by atoms with Gasteiger partial charge in [-0.1, -0.05) is 0 Å². The molecule has 1 aromatic rings. The van der Waals surface area contributed by atoms with Crippen LogP contribution >= 0.6 is 15.9 Å². The molecule has 1 aliphatic heterocycles. The highest BCUT2D eigenvalue weighted by Gasteiger charge is 2.26. The van der Waals surface area contributed by atoms with E-state index in [1.807, 2.05) is 0 Å². The third-order valence-corrected chi connectivity index (χ3v) is 3.99. The van der Waals surface area contributed by atoms with E-state index >= 15 is 0 Å². The van der Waals surface area contributed by atoms with Gasteiger partial charge in [0, 0.05) is 35.3 Å². The lowest BCUT2D eigenvalue weighted by Gasteiger charge is -2.38. The summed E-state index contributed by atoms with van der Waals surface area (Å²) in [6, 6.07) is 1.80. The zero-order chi connectivity index (χ0) is 14.8. The first-order valence-electron chi connectivity index (χ1n) is 7.19. The monoisotopic (exact) mass is 343 g/mol. The zero-order valence-corrected chi connectivity index (χ0v) is 14.0. The summed E-state index contributed by atoms with van der Waals surface area (Å²) in [5.41, 5.74) is 0.0782. The average Bonchev–Trinajstić information content (AvgIpc) is 2.36. The molecule has 0 saturated carbocycles. The highest BCUT2D eigenvalue weighted by molar-refractivity contribution is 9.10. The molecular formula is C15H23BrFN3. The molecule has 20 heavy (non-hydrogen) atoms. The van der Waals surface area contributed by atoms with Crippen molar-refractivity contribution in [2.75, 3.05) is 18.0 Å². The number of nitrogens with zero attached hydrogens (tertiary/aromatic N) is 2. The Bertz CT molecular complexity index is 459. The predicted molar refractivity (Wildman–Crippen MR) is 84.6 cm³/mol. The normalized spacial score (nSPS) is 20.2. The van der Waals surface area contributed by atoms with Crippen LogP contribution in [0.25, 0.3) is 0 Å². The molecule has 2 rings (SSSR count). The first kappa shape index (κ1) is 15.7. The van der Waals surface area contributed by atoms with Crippen LogP contribution in [0.1, 0.15) is 40.0 Å². The van der Waals surface area contributed by atoms with Gasteiger partial charge in [-0.25, -0.2) is 9.37 Å². The lowest BCUT2D eigenvalue weighted by Crippen LogP contribution is -2.50. The second kappa shape index (κ2) is 6.39. The van der Waals surface area contributed by atoms with Gasteiger partial charge in [0.2, 0.25) is 0 Å². The van der Waals surface area contributed by atoms with Crippen molar-refractivity contribution in [3.05, 3.63) is 22.6 Å². The minimum Gasteiger partial charge on any atom is -0.350 e. The first-order chi connectivity index (χ1) is 9.37. The van der Waals surface area contributed by atoms with E-state index in [0.29, 0.717) is 16.3 Å². The maximum Gasteiger partial charge on any atom is 0.166 e. The fourth-order valence-electron chi connectivity index (χ4n) is 2.53. The zero-order valence-electron chi connectivity index (χ0n) is 12.4. The molecule has 5 heteroatoms. The Labute approximate surface area is 129 Å². The molecule has 0 radical (unpaired) electrons. The maximum absolute atomic E-state index is 14.1. The second-order valence-corrected chi connectivity index (χ2v) is 7.35. The van der Waals surface area contributed by atoms with Crippen molar-refractivity contribution in [1.82, 2.24) is 10.3 Å². The fraction of sp³-hybridized carbons (Fsp3) is 0.667. The summed E-state index contributed by atoms with van der Waals surface area (Å²) in [5, 5.41) is 3.52. The third kappa shape index (κ3) is 4.16. The van der Waals surface area contributed by atoms with Crippen LogP contribution < -0.4 is 10.2 Å². The minimum absolute atomic E-state index is 0.0782. The number of halogens is 2. The summed E-state index contributed by atoms with van der Waals surface area (Å²) in [7, 11) is 0. The number of pyridine rings is 1. The van der Waals surface area contributed by atoms with E-state index in [1.165, 1.54) is 12.5 Å². The van der Waals surface area contributed by atoms with Gasteiger partial charge in [0.05, 0.1) is 0 Å². The third-order valence-electron chi connectivity index (χ3n) is 3.56. The predicted octanol–water partition coefficient (Wildman–Crippen LogP) is 3.73. The number of rotatable bonds is 3.